The number of nitrogens with one attached hydrogen (secondary N) is 1. The van der Waals surface area contributed by atoms with Crippen LogP contribution in [0.2, 0.25) is 5.02 Å². The number of oxime groups is 1. The van der Waals surface area contributed by atoms with E-state index >= 15 is 0 Å². The summed E-state index contributed by atoms with van der Waals surface area (Å²) < 4.78 is 24.3. The van der Waals surface area contributed by atoms with Gasteiger partial charge in [-0.15, -0.1) is 0 Å². The number of carbonyl (C=O) groups is 1. The van der Waals surface area contributed by atoms with Gasteiger partial charge in [0.25, 0.3) is 0 Å². The van der Waals surface area contributed by atoms with Gasteiger partial charge in [0.1, 0.15) is 4.60 Å². The van der Waals surface area contributed by atoms with Crippen LogP contribution in [0, 0.1) is 5.92 Å². The van der Waals surface area contributed by atoms with Gasteiger partial charge in [-0.1, -0.05) is 22.8 Å². The predicted molar refractivity (Wildman–Crippen MR) is 117 cm³/mol. The van der Waals surface area contributed by atoms with Crippen molar-refractivity contribution in [2.45, 2.75) is 36.5 Å². The monoisotopic (exact) mass is 514 g/mol. The van der Waals surface area contributed by atoms with Crippen molar-refractivity contribution >= 4 is 54.8 Å². The van der Waals surface area contributed by atoms with Crippen molar-refractivity contribution < 1.29 is 18.4 Å². The van der Waals surface area contributed by atoms with E-state index in [1.807, 2.05) is 0 Å². The fourth-order valence-corrected chi connectivity index (χ4v) is 5.10. The lowest BCUT2D eigenvalue weighted by molar-refractivity contribution is -0.118. The lowest BCUT2D eigenvalue weighted by Crippen LogP contribution is -2.24. The van der Waals surface area contributed by atoms with Gasteiger partial charge in [-0.05, 0) is 65.2 Å². The van der Waals surface area contributed by atoms with Gasteiger partial charge >= 0.3 is 0 Å². The molecule has 1 aromatic heterocycles. The number of anilines is 1. The highest BCUT2D eigenvalue weighted by Gasteiger charge is 2.30. The molecule has 0 spiro atoms. The van der Waals surface area contributed by atoms with E-state index in [2.05, 4.69) is 36.4 Å². The molecule has 1 saturated carbocycles. The van der Waals surface area contributed by atoms with Crippen molar-refractivity contribution in [3.05, 3.63) is 45.8 Å². The van der Waals surface area contributed by atoms with Gasteiger partial charge in [-0.2, -0.15) is 0 Å². The number of halogens is 2. The highest BCUT2D eigenvalue weighted by atomic mass is 79.9. The van der Waals surface area contributed by atoms with E-state index < -0.39 is 15.8 Å². The van der Waals surface area contributed by atoms with Gasteiger partial charge in [-0.3, -0.25) is 4.79 Å². The standard InChI is InChI=1S/C19H20BrClN4O4S/c1-30(28,29)16-5-3-12(8-15(16)21)14(7-11-2-4-13(6-11)25-27)19(26)24-18-10-22-17(20)9-23-18/h3,5,8-11,14,27H,2,4,6-7H2,1H3,(H,23,24,26). The molecule has 2 aromatic rings. The number of carbonyl (C=O) groups excluding carboxylic acids is 1. The van der Waals surface area contributed by atoms with Crippen LogP contribution in [0.5, 0.6) is 0 Å². The largest absolute Gasteiger partial charge is 0.411 e. The van der Waals surface area contributed by atoms with E-state index in [1.165, 1.54) is 24.5 Å². The summed E-state index contributed by atoms with van der Waals surface area (Å²) in [6.07, 6.45) is 6.57. The van der Waals surface area contributed by atoms with Crippen LogP contribution in [0.15, 0.2) is 45.2 Å². The van der Waals surface area contributed by atoms with E-state index in [1.54, 1.807) is 6.07 Å². The minimum absolute atomic E-state index is 0.0152. The van der Waals surface area contributed by atoms with Crippen molar-refractivity contribution in [1.82, 2.24) is 9.97 Å². The van der Waals surface area contributed by atoms with Crippen LogP contribution >= 0.6 is 27.5 Å². The quantitative estimate of drug-likeness (QED) is 0.442. The second-order valence-electron chi connectivity index (χ2n) is 7.24. The average Bonchev–Trinajstić information content (AvgIpc) is 3.14. The first-order valence-electron chi connectivity index (χ1n) is 9.15. The minimum atomic E-state index is -3.48. The molecule has 3 rings (SSSR count). The highest BCUT2D eigenvalue weighted by Crippen LogP contribution is 2.35. The Kier molecular flexibility index (Phi) is 7.10. The molecule has 1 fully saturated rings. The van der Waals surface area contributed by atoms with Crippen molar-refractivity contribution in [1.29, 1.82) is 0 Å². The molecule has 0 radical (unpaired) electrons. The van der Waals surface area contributed by atoms with Gasteiger partial charge in [0.15, 0.2) is 15.7 Å². The van der Waals surface area contributed by atoms with E-state index in [0.717, 1.165) is 12.7 Å². The molecule has 2 atom stereocenters. The number of hydrogen-bond acceptors (Lipinski definition) is 7. The van der Waals surface area contributed by atoms with Gasteiger partial charge in [0, 0.05) is 6.26 Å². The highest BCUT2D eigenvalue weighted by molar-refractivity contribution is 9.10. The van der Waals surface area contributed by atoms with Crippen molar-refractivity contribution in [2.75, 3.05) is 11.6 Å². The number of benzene rings is 1. The van der Waals surface area contributed by atoms with E-state index in [4.69, 9.17) is 16.8 Å². The van der Waals surface area contributed by atoms with E-state index in [9.17, 15) is 13.2 Å². The predicted octanol–water partition coefficient (Wildman–Crippen LogP) is 4.04. The maximum Gasteiger partial charge on any atom is 0.233 e. The first kappa shape index (κ1) is 22.6. The molecule has 2 unspecified atom stereocenters. The zero-order chi connectivity index (χ0) is 21.9. The van der Waals surface area contributed by atoms with Gasteiger partial charge in [-0.25, -0.2) is 18.4 Å². The second kappa shape index (κ2) is 9.40. The summed E-state index contributed by atoms with van der Waals surface area (Å²) in [7, 11) is -3.48. The van der Waals surface area contributed by atoms with Gasteiger partial charge in [0.05, 0.1) is 33.9 Å². The third-order valence-electron chi connectivity index (χ3n) is 5.02. The minimum Gasteiger partial charge on any atom is -0.411 e. The summed E-state index contributed by atoms with van der Waals surface area (Å²) in [4.78, 5) is 21.3. The SMILES string of the molecule is CS(=O)(=O)c1ccc(C(CC2CCC(=NO)C2)C(=O)Nc2cnc(Br)cn2)cc1Cl. The third-order valence-corrected chi connectivity index (χ3v) is 7.01. The molecule has 160 valence electrons. The smallest absolute Gasteiger partial charge is 0.233 e. The maximum atomic E-state index is 13.1. The van der Waals surface area contributed by atoms with Gasteiger partial charge < -0.3 is 10.5 Å². The Bertz CT molecular complexity index is 1080. The summed E-state index contributed by atoms with van der Waals surface area (Å²) >= 11 is 9.41. The number of rotatable bonds is 6. The summed E-state index contributed by atoms with van der Waals surface area (Å²) in [6.45, 7) is 0. The number of aromatic nitrogens is 2. The molecule has 1 amide bonds. The fraction of sp³-hybridized carbons (Fsp3) is 0.368. The van der Waals surface area contributed by atoms with Crippen LogP contribution < -0.4 is 5.32 Å². The maximum absolute atomic E-state index is 13.1. The molecule has 0 bridgehead atoms. The Morgan fingerprint density at radius 2 is 2.17 bits per heavy atom. The summed E-state index contributed by atoms with van der Waals surface area (Å²) in [5.74, 6) is -0.444. The Morgan fingerprint density at radius 3 is 2.73 bits per heavy atom. The Labute approximate surface area is 187 Å². The molecule has 1 aliphatic carbocycles. The normalized spacial score (nSPS) is 19.0. The van der Waals surface area contributed by atoms with Crippen LogP contribution in [0.4, 0.5) is 5.82 Å². The molecule has 1 aromatic carbocycles. The second-order valence-corrected chi connectivity index (χ2v) is 10.4. The number of sulfone groups is 1. The molecule has 1 aliphatic rings. The Hall–Kier alpha value is -2.04. The summed E-state index contributed by atoms with van der Waals surface area (Å²) in [5.41, 5.74) is 1.31. The molecule has 30 heavy (non-hydrogen) atoms. The number of nitrogens with zero attached hydrogens (tertiary/aromatic N) is 3. The van der Waals surface area contributed by atoms with Gasteiger partial charge in [0.2, 0.25) is 5.91 Å². The van der Waals surface area contributed by atoms with Crippen molar-refractivity contribution in [3.8, 4) is 0 Å². The summed E-state index contributed by atoms with van der Waals surface area (Å²) in [6, 6.07) is 4.54. The summed E-state index contributed by atoms with van der Waals surface area (Å²) in [5, 5.41) is 15.1. The molecule has 1 heterocycles. The average molecular weight is 516 g/mol. The van der Waals surface area contributed by atoms with E-state index in [-0.39, 0.29) is 21.7 Å². The molecule has 11 heteroatoms. The Morgan fingerprint density at radius 1 is 1.40 bits per heavy atom. The van der Waals surface area contributed by atoms with Crippen molar-refractivity contribution in [3.63, 3.8) is 0 Å². The number of amides is 1. The van der Waals surface area contributed by atoms with Crippen LogP contribution in [-0.4, -0.2) is 41.5 Å². The first-order chi connectivity index (χ1) is 14.2. The zero-order valence-electron chi connectivity index (χ0n) is 16.0. The van der Waals surface area contributed by atoms with Crippen LogP contribution in [0.1, 0.15) is 37.2 Å². The molecular weight excluding hydrogens is 496 g/mol. The Balaban J connectivity index is 1.89. The molecule has 2 N–H and O–H groups in total. The number of hydrogen-bond donors (Lipinski definition) is 2. The topological polar surface area (TPSA) is 122 Å². The van der Waals surface area contributed by atoms with Crippen LogP contribution in [-0.2, 0) is 14.6 Å². The lowest BCUT2D eigenvalue weighted by atomic mass is 9.87. The molecule has 8 nitrogen and oxygen atoms in total. The molecule has 0 saturated heterocycles. The van der Waals surface area contributed by atoms with Crippen LogP contribution in [0.3, 0.4) is 0 Å². The molecule has 0 aliphatic heterocycles. The first-order valence-corrected chi connectivity index (χ1v) is 12.2. The fourth-order valence-electron chi connectivity index (χ4n) is 3.55. The van der Waals surface area contributed by atoms with E-state index in [0.29, 0.717) is 41.0 Å². The third kappa shape index (κ3) is 5.55. The van der Waals surface area contributed by atoms with Crippen molar-refractivity contribution in [2.24, 2.45) is 11.1 Å². The molecular formula is C19H20BrClN4O4S. The van der Waals surface area contributed by atoms with Crippen LogP contribution in [0.25, 0.3) is 0 Å². The zero-order valence-corrected chi connectivity index (χ0v) is 19.2. The lowest BCUT2D eigenvalue weighted by Gasteiger charge is -2.21.